The molecule has 0 aliphatic carbocycles. The van der Waals surface area contributed by atoms with Crippen LogP contribution >= 0.6 is 11.6 Å². The summed E-state index contributed by atoms with van der Waals surface area (Å²) in [4.78, 5) is 13.2. The van der Waals surface area contributed by atoms with E-state index < -0.39 is 10.0 Å². The molecule has 8 nitrogen and oxygen atoms in total. The van der Waals surface area contributed by atoms with Gasteiger partial charge in [-0.1, -0.05) is 35.9 Å². The number of methoxy groups -OCH3 is 2. The van der Waals surface area contributed by atoms with E-state index in [0.29, 0.717) is 38.9 Å². The van der Waals surface area contributed by atoms with Crippen LogP contribution in [0, 0.1) is 0 Å². The van der Waals surface area contributed by atoms with Gasteiger partial charge in [-0.05, 0) is 37.2 Å². The van der Waals surface area contributed by atoms with Crippen molar-refractivity contribution >= 4 is 33.6 Å². The Bertz CT molecular complexity index is 1360. The van der Waals surface area contributed by atoms with E-state index in [-0.39, 0.29) is 16.7 Å². The number of rotatable bonds is 9. The summed E-state index contributed by atoms with van der Waals surface area (Å²) < 4.78 is 46.7. The summed E-state index contributed by atoms with van der Waals surface area (Å²) in [6.45, 7) is 1.69. The Kier molecular flexibility index (Phi) is 7.73. The lowest BCUT2D eigenvalue weighted by molar-refractivity contribution is 0.112. The maximum Gasteiger partial charge on any atom is 0.262 e. The van der Waals surface area contributed by atoms with Gasteiger partial charge in [0, 0.05) is 36.3 Å². The normalized spacial score (nSPS) is 15.9. The molecule has 1 unspecified atom stereocenters. The van der Waals surface area contributed by atoms with E-state index in [1.165, 1.54) is 20.3 Å². The van der Waals surface area contributed by atoms with Crippen LogP contribution in [0.5, 0.6) is 17.2 Å². The first-order valence-electron chi connectivity index (χ1n) is 11.2. The van der Waals surface area contributed by atoms with Gasteiger partial charge in [-0.3, -0.25) is 9.52 Å². The second kappa shape index (κ2) is 10.8. The topological polar surface area (TPSA) is 94.2 Å². The summed E-state index contributed by atoms with van der Waals surface area (Å²) in [7, 11) is 0.831. The third-order valence-electron chi connectivity index (χ3n) is 5.96. The molecule has 0 spiro atoms. The van der Waals surface area contributed by atoms with E-state index in [9.17, 15) is 13.2 Å². The van der Waals surface area contributed by atoms with Crippen molar-refractivity contribution in [3.05, 3.63) is 65.2 Å². The Morgan fingerprint density at radius 2 is 1.69 bits per heavy atom. The maximum absolute atomic E-state index is 13.6. The van der Waals surface area contributed by atoms with Crippen molar-refractivity contribution in [1.82, 2.24) is 4.90 Å². The first-order chi connectivity index (χ1) is 17.2. The average Bonchev–Trinajstić information content (AvgIpc) is 3.29. The van der Waals surface area contributed by atoms with E-state index >= 15 is 0 Å². The Balaban J connectivity index is 1.72. The standard InChI is InChI=1S/C26H27ClN2O6S/c1-29-11-10-20(15-29)35-23-12-19(8-9-22(23)27)28-36(31,32)26-14-25(34-3)24(33-2)13-21(26)18-6-4-17(16-30)5-7-18/h4-9,12-14,16,20,28H,10-11,15H2,1-3H3. The predicted octanol–water partition coefficient (Wildman–Crippen LogP) is 4.72. The molecule has 3 aromatic carbocycles. The molecule has 36 heavy (non-hydrogen) atoms. The number of hydrogen-bond acceptors (Lipinski definition) is 7. The number of halogens is 1. The zero-order chi connectivity index (χ0) is 25.9. The number of carbonyl (C=O) groups is 1. The highest BCUT2D eigenvalue weighted by molar-refractivity contribution is 7.92. The largest absolute Gasteiger partial charge is 0.493 e. The van der Waals surface area contributed by atoms with Crippen molar-refractivity contribution in [3.8, 4) is 28.4 Å². The molecule has 1 N–H and O–H groups in total. The van der Waals surface area contributed by atoms with Gasteiger partial charge in [-0.2, -0.15) is 0 Å². The second-order valence-electron chi connectivity index (χ2n) is 8.48. The molecule has 0 bridgehead atoms. The van der Waals surface area contributed by atoms with Crippen LogP contribution in [0.25, 0.3) is 11.1 Å². The molecular formula is C26H27ClN2O6S. The number of carbonyl (C=O) groups excluding carboxylic acids is 1. The highest BCUT2D eigenvalue weighted by Crippen LogP contribution is 2.39. The second-order valence-corrected chi connectivity index (χ2v) is 10.5. The summed E-state index contributed by atoms with van der Waals surface area (Å²) in [5.41, 5.74) is 1.76. The molecule has 0 amide bonds. The molecule has 0 aromatic heterocycles. The monoisotopic (exact) mass is 530 g/mol. The Labute approximate surface area is 215 Å². The van der Waals surface area contributed by atoms with Crippen molar-refractivity contribution in [3.63, 3.8) is 0 Å². The van der Waals surface area contributed by atoms with Crippen LogP contribution in [0.2, 0.25) is 5.02 Å². The molecule has 1 atom stereocenters. The molecule has 3 aromatic rings. The van der Waals surface area contributed by atoms with Crippen molar-refractivity contribution in [2.75, 3.05) is 39.1 Å². The van der Waals surface area contributed by atoms with Gasteiger partial charge in [-0.15, -0.1) is 0 Å². The molecule has 190 valence electrons. The number of ether oxygens (including phenoxy) is 3. The zero-order valence-electron chi connectivity index (χ0n) is 20.2. The van der Waals surface area contributed by atoms with Crippen LogP contribution in [0.3, 0.4) is 0 Å². The number of benzene rings is 3. The Morgan fingerprint density at radius 3 is 2.31 bits per heavy atom. The number of aldehydes is 1. The number of nitrogens with zero attached hydrogens (tertiary/aromatic N) is 1. The lowest BCUT2D eigenvalue weighted by Crippen LogP contribution is -2.21. The van der Waals surface area contributed by atoms with Gasteiger partial charge >= 0.3 is 0 Å². The number of hydrogen-bond donors (Lipinski definition) is 1. The fraction of sp³-hybridized carbons (Fsp3) is 0.269. The van der Waals surface area contributed by atoms with E-state index in [2.05, 4.69) is 9.62 Å². The number of nitrogens with one attached hydrogen (secondary N) is 1. The molecule has 1 saturated heterocycles. The molecule has 1 heterocycles. The van der Waals surface area contributed by atoms with Crippen LogP contribution in [0.4, 0.5) is 5.69 Å². The quantitative estimate of drug-likeness (QED) is 0.400. The predicted molar refractivity (Wildman–Crippen MR) is 139 cm³/mol. The summed E-state index contributed by atoms with van der Waals surface area (Å²) in [6.07, 6.45) is 1.56. The van der Waals surface area contributed by atoms with Gasteiger partial charge in [0.25, 0.3) is 10.0 Å². The first-order valence-corrected chi connectivity index (χ1v) is 13.1. The lowest BCUT2D eigenvalue weighted by Gasteiger charge is -2.18. The summed E-state index contributed by atoms with van der Waals surface area (Å²) in [5, 5.41) is 0.398. The fourth-order valence-corrected chi connectivity index (χ4v) is 5.52. The molecule has 4 rings (SSSR count). The van der Waals surface area contributed by atoms with Crippen LogP contribution in [0.1, 0.15) is 16.8 Å². The van der Waals surface area contributed by atoms with Crippen molar-refractivity contribution in [2.45, 2.75) is 17.4 Å². The molecule has 0 radical (unpaired) electrons. The molecule has 1 fully saturated rings. The lowest BCUT2D eigenvalue weighted by atomic mass is 10.0. The minimum Gasteiger partial charge on any atom is -0.493 e. The van der Waals surface area contributed by atoms with Crippen molar-refractivity contribution in [1.29, 1.82) is 0 Å². The van der Waals surface area contributed by atoms with Gasteiger partial charge in [0.15, 0.2) is 11.5 Å². The molecule has 1 aliphatic rings. The van der Waals surface area contributed by atoms with Crippen LogP contribution in [0.15, 0.2) is 59.5 Å². The van der Waals surface area contributed by atoms with Crippen molar-refractivity contribution in [2.24, 2.45) is 0 Å². The number of sulfonamides is 1. The van der Waals surface area contributed by atoms with Gasteiger partial charge < -0.3 is 19.1 Å². The van der Waals surface area contributed by atoms with Gasteiger partial charge in [0.2, 0.25) is 0 Å². The van der Waals surface area contributed by atoms with Gasteiger partial charge in [0.1, 0.15) is 18.1 Å². The summed E-state index contributed by atoms with van der Waals surface area (Å²) >= 11 is 6.33. The molecule has 1 aliphatic heterocycles. The van der Waals surface area contributed by atoms with Crippen molar-refractivity contribution < 1.29 is 27.4 Å². The minimum absolute atomic E-state index is 0.0196. The SMILES string of the molecule is COc1cc(-c2ccc(C=O)cc2)c(S(=O)(=O)Nc2ccc(Cl)c(OC3CCN(C)C3)c2)cc1OC. The Morgan fingerprint density at radius 1 is 1.00 bits per heavy atom. The van der Waals surface area contributed by atoms with E-state index in [1.807, 2.05) is 7.05 Å². The van der Waals surface area contributed by atoms with Gasteiger partial charge in [0.05, 0.1) is 29.8 Å². The summed E-state index contributed by atoms with van der Waals surface area (Å²) in [6, 6.07) is 14.3. The smallest absolute Gasteiger partial charge is 0.262 e. The number of likely N-dealkylation sites (tertiary alicyclic amines) is 1. The Hall–Kier alpha value is -3.27. The van der Waals surface area contributed by atoms with Gasteiger partial charge in [-0.25, -0.2) is 8.42 Å². The van der Waals surface area contributed by atoms with E-state index in [4.69, 9.17) is 25.8 Å². The maximum atomic E-state index is 13.6. The average molecular weight is 531 g/mol. The van der Waals surface area contributed by atoms with Crippen LogP contribution in [-0.4, -0.2) is 60.1 Å². The zero-order valence-corrected chi connectivity index (χ0v) is 21.7. The number of likely N-dealkylation sites (N-methyl/N-ethyl adjacent to an activating group) is 1. The third-order valence-corrected chi connectivity index (χ3v) is 7.69. The molecular weight excluding hydrogens is 504 g/mol. The van der Waals surface area contributed by atoms with Crippen LogP contribution in [-0.2, 0) is 10.0 Å². The molecule has 0 saturated carbocycles. The molecule has 10 heteroatoms. The fourth-order valence-electron chi connectivity index (χ4n) is 4.09. The highest BCUT2D eigenvalue weighted by Gasteiger charge is 2.25. The first kappa shape index (κ1) is 25.8. The summed E-state index contributed by atoms with van der Waals surface area (Å²) in [5.74, 6) is 1.04. The third kappa shape index (κ3) is 5.59. The number of anilines is 1. The minimum atomic E-state index is -4.09. The van der Waals surface area contributed by atoms with E-state index in [1.54, 1.807) is 48.5 Å². The highest BCUT2D eigenvalue weighted by atomic mass is 35.5. The van der Waals surface area contributed by atoms with E-state index in [0.717, 1.165) is 25.8 Å². The van der Waals surface area contributed by atoms with Crippen LogP contribution < -0.4 is 18.9 Å².